The van der Waals surface area contributed by atoms with E-state index >= 15 is 0 Å². The Labute approximate surface area is 45.1 Å². The highest BCUT2D eigenvalue weighted by molar-refractivity contribution is 7.54. The van der Waals surface area contributed by atoms with Crippen molar-refractivity contribution in [3.8, 4) is 0 Å². The number of hydrogen-bond acceptors (Lipinski definition) is 0. The number of halogens is 4. The van der Waals surface area contributed by atoms with E-state index in [1.54, 1.807) is 0 Å². The molecule has 0 fully saturated rings. The van der Waals surface area contributed by atoms with Gasteiger partial charge in [-0.2, -0.15) is 0 Å². The molecular weight excluding hydrogens is 153 g/mol. The number of rotatable bonds is 0. The van der Waals surface area contributed by atoms with Gasteiger partial charge in [-0.25, -0.2) is 0 Å². The lowest BCUT2D eigenvalue weighted by Gasteiger charge is -1.65. The first-order valence-corrected chi connectivity index (χ1v) is 5.89. The normalized spacial score (nSPS) is 7.20. The molecule has 34 valence electrons. The summed E-state index contributed by atoms with van der Waals surface area (Å²) in [7, 11) is 0. The van der Waals surface area contributed by atoms with E-state index in [0.717, 1.165) is 0 Å². The van der Waals surface area contributed by atoms with E-state index in [-0.39, 0.29) is 4.70 Å². The van der Waals surface area contributed by atoms with E-state index in [1.807, 2.05) is 0 Å². The van der Waals surface area contributed by atoms with Crippen molar-refractivity contribution in [2.24, 2.45) is 0 Å². The quantitative estimate of drug-likeness (QED) is 0.368. The monoisotopic (exact) mass is 154 g/mol. The molecule has 0 N–H and O–H groups in total. The first-order valence-electron chi connectivity index (χ1n) is 0.655. The second kappa shape index (κ2) is 5.02. The minimum absolute atomic E-state index is 0. The first-order chi connectivity index (χ1) is 1.73. The second-order valence-electron chi connectivity index (χ2n) is 0.247. The van der Waals surface area contributed by atoms with Crippen LogP contribution in [-0.2, 0) is 0 Å². The maximum Gasteiger partial charge on any atom is 0.326 e. The lowest BCUT2D eigenvalue weighted by molar-refractivity contribution is 1.11. The molecule has 0 aromatic heterocycles. The molecule has 0 bridgehead atoms. The van der Waals surface area contributed by atoms with Crippen LogP contribution in [0.3, 0.4) is 0 Å². The molecule has 5 heteroatoms. The van der Waals surface area contributed by atoms with E-state index < -0.39 is 6.73 Å². The van der Waals surface area contributed by atoms with Crippen LogP contribution in [0.4, 0.5) is 4.70 Å². The van der Waals surface area contributed by atoms with Crippen LogP contribution in [0, 0.1) is 0 Å². The SMILES string of the molecule is Cl[SiH](Cl)Cl.F. The van der Waals surface area contributed by atoms with Crippen molar-refractivity contribution < 1.29 is 4.70 Å². The molecule has 0 unspecified atom stereocenters. The Morgan fingerprint density at radius 2 is 1.00 bits per heavy atom. The average molecular weight is 155 g/mol. The summed E-state index contributed by atoms with van der Waals surface area (Å²) in [4.78, 5) is 0. The number of hydrogen-bond donors (Lipinski definition) is 0. The topological polar surface area (TPSA) is 0 Å². The molecule has 0 amide bonds. The molecule has 0 aliphatic rings. The Hall–Kier alpha value is 1.02. The smallest absolute Gasteiger partial charge is 0.269 e. The van der Waals surface area contributed by atoms with Crippen LogP contribution >= 0.6 is 33.2 Å². The first kappa shape index (κ1) is 9.39. The molecule has 0 radical (unpaired) electrons. The Morgan fingerprint density at radius 1 is 1.00 bits per heavy atom. The summed E-state index contributed by atoms with van der Waals surface area (Å²) in [6.07, 6.45) is 0. The fraction of sp³-hybridized carbons (Fsp3) is 0. The molecule has 0 aliphatic carbocycles. The predicted molar refractivity (Wildman–Crippen MR) is 27.2 cm³/mol. The van der Waals surface area contributed by atoms with E-state index in [2.05, 4.69) is 0 Å². The molecule has 0 aliphatic heterocycles. The standard InChI is InChI=1S/Cl3HSi.FH/c1-4(2)3;/h4H;1H. The van der Waals surface area contributed by atoms with Gasteiger partial charge in [0.15, 0.2) is 0 Å². The molecule has 0 saturated carbocycles. The van der Waals surface area contributed by atoms with E-state index in [1.165, 1.54) is 0 Å². The van der Waals surface area contributed by atoms with Crippen LogP contribution in [-0.4, -0.2) is 6.73 Å². The van der Waals surface area contributed by atoms with Gasteiger partial charge in [0.25, 0.3) is 0 Å². The lowest BCUT2D eigenvalue weighted by Crippen LogP contribution is -1.66. The van der Waals surface area contributed by atoms with Crippen molar-refractivity contribution in [3.05, 3.63) is 0 Å². The molecule has 0 heterocycles. The lowest BCUT2D eigenvalue weighted by atomic mass is 19.0. The minimum Gasteiger partial charge on any atom is -0.269 e. The Kier molecular flexibility index (Phi) is 9.42. The maximum absolute atomic E-state index is 4.94. The van der Waals surface area contributed by atoms with Gasteiger partial charge in [0.1, 0.15) is 0 Å². The van der Waals surface area contributed by atoms with Crippen molar-refractivity contribution >= 4 is 40.0 Å². The summed E-state index contributed by atoms with van der Waals surface area (Å²) in [5.74, 6) is 0. The van der Waals surface area contributed by atoms with E-state index in [0.29, 0.717) is 0 Å². The average Bonchev–Trinajstić information content (AvgIpc) is 0.811. The van der Waals surface area contributed by atoms with Gasteiger partial charge in [-0.3, -0.25) is 4.70 Å². The van der Waals surface area contributed by atoms with Crippen LogP contribution in [0.5, 0.6) is 0 Å². The molecule has 0 aromatic rings. The summed E-state index contributed by atoms with van der Waals surface area (Å²) in [6.45, 7) is -1.72. The molecule has 0 atom stereocenters. The van der Waals surface area contributed by atoms with Crippen molar-refractivity contribution in [3.63, 3.8) is 0 Å². The molecule has 0 saturated heterocycles. The van der Waals surface area contributed by atoms with Gasteiger partial charge in [0.05, 0.1) is 0 Å². The maximum atomic E-state index is 4.94. The largest absolute Gasteiger partial charge is 0.326 e. The van der Waals surface area contributed by atoms with Crippen LogP contribution in [0.15, 0.2) is 0 Å². The third-order valence-electron chi connectivity index (χ3n) is 0. The zero-order valence-electron chi connectivity index (χ0n) is 2.12. The minimum atomic E-state index is -1.72. The highest BCUT2D eigenvalue weighted by Gasteiger charge is 1.85. The van der Waals surface area contributed by atoms with Gasteiger partial charge in [0.2, 0.25) is 0 Å². The Bertz CT molecular complexity index is 11.6. The van der Waals surface area contributed by atoms with Crippen molar-refractivity contribution in [1.29, 1.82) is 0 Å². The summed E-state index contributed by atoms with van der Waals surface area (Å²) in [5, 5.41) is 0. The van der Waals surface area contributed by atoms with Gasteiger partial charge >= 0.3 is 6.73 Å². The fourth-order valence-corrected chi connectivity index (χ4v) is 0. The highest BCUT2D eigenvalue weighted by atomic mass is 35.8. The molecule has 0 rings (SSSR count). The third-order valence-corrected chi connectivity index (χ3v) is 0. The van der Waals surface area contributed by atoms with Gasteiger partial charge < -0.3 is 0 Å². The molecule has 5 heavy (non-hydrogen) atoms. The summed E-state index contributed by atoms with van der Waals surface area (Å²) in [5.41, 5.74) is 0. The summed E-state index contributed by atoms with van der Waals surface area (Å²) >= 11 is 14.8. The van der Waals surface area contributed by atoms with Crippen LogP contribution in [0.2, 0.25) is 0 Å². The zero-order valence-corrected chi connectivity index (χ0v) is 5.54. The van der Waals surface area contributed by atoms with E-state index in [9.17, 15) is 0 Å². The van der Waals surface area contributed by atoms with Gasteiger partial charge in [-0.05, 0) is 0 Å². The van der Waals surface area contributed by atoms with Crippen LogP contribution in [0.1, 0.15) is 0 Å². The van der Waals surface area contributed by atoms with E-state index in [4.69, 9.17) is 33.2 Å². The predicted octanol–water partition coefficient (Wildman–Crippen LogP) is 1.57. The molecular formula is H2Cl3FSi. The van der Waals surface area contributed by atoms with Crippen molar-refractivity contribution in [2.45, 2.75) is 0 Å². The van der Waals surface area contributed by atoms with Crippen LogP contribution in [0.25, 0.3) is 0 Å². The van der Waals surface area contributed by atoms with Gasteiger partial charge in [-0.1, -0.05) is 0 Å². The molecule has 0 spiro atoms. The van der Waals surface area contributed by atoms with Crippen molar-refractivity contribution in [1.82, 2.24) is 0 Å². The van der Waals surface area contributed by atoms with Crippen molar-refractivity contribution in [2.75, 3.05) is 0 Å². The highest BCUT2D eigenvalue weighted by Crippen LogP contribution is 1.97. The van der Waals surface area contributed by atoms with Gasteiger partial charge in [0, 0.05) is 0 Å². The molecule has 0 nitrogen and oxygen atoms in total. The van der Waals surface area contributed by atoms with Crippen LogP contribution < -0.4 is 0 Å². The molecule has 0 aromatic carbocycles. The van der Waals surface area contributed by atoms with Gasteiger partial charge in [-0.15, -0.1) is 33.2 Å². The third kappa shape index (κ3) is 44.2. The Balaban J connectivity index is 0. The second-order valence-corrected chi connectivity index (χ2v) is 6.68. The Morgan fingerprint density at radius 3 is 1.00 bits per heavy atom. The zero-order chi connectivity index (χ0) is 3.58. The summed E-state index contributed by atoms with van der Waals surface area (Å²) < 4.78 is 0. The summed E-state index contributed by atoms with van der Waals surface area (Å²) in [6, 6.07) is 0. The fourth-order valence-electron chi connectivity index (χ4n) is 0.